The first-order chi connectivity index (χ1) is 7.96. The van der Waals surface area contributed by atoms with Gasteiger partial charge in [0.1, 0.15) is 5.60 Å². The highest BCUT2D eigenvalue weighted by atomic mass is 16.6. The summed E-state index contributed by atoms with van der Waals surface area (Å²) in [5.41, 5.74) is -0.392. The van der Waals surface area contributed by atoms with E-state index in [1.165, 1.54) is 6.42 Å². The topological polar surface area (TPSA) is 41.6 Å². The Labute approximate surface area is 104 Å². The molecule has 0 spiro atoms. The molecule has 2 aliphatic rings. The van der Waals surface area contributed by atoms with E-state index in [1.54, 1.807) is 0 Å². The Morgan fingerprint density at radius 1 is 1.29 bits per heavy atom. The molecule has 0 saturated carbocycles. The molecule has 0 radical (unpaired) electrons. The first-order valence-corrected chi connectivity index (χ1v) is 6.64. The number of hydrogen-bond donors (Lipinski definition) is 1. The quantitative estimate of drug-likeness (QED) is 0.702. The van der Waals surface area contributed by atoms with Crippen LogP contribution in [-0.4, -0.2) is 42.8 Å². The average Bonchev–Trinajstić information content (AvgIpc) is 2.53. The predicted molar refractivity (Wildman–Crippen MR) is 66.9 cm³/mol. The lowest BCUT2D eigenvalue weighted by atomic mass is 9.93. The number of nitrogens with one attached hydrogen (secondary N) is 1. The number of ether oxygens (including phenoxy) is 1. The molecule has 2 aliphatic heterocycles. The molecule has 4 heteroatoms. The number of carbonyl (C=O) groups is 1. The molecule has 0 aromatic heterocycles. The summed E-state index contributed by atoms with van der Waals surface area (Å²) >= 11 is 0. The first-order valence-electron chi connectivity index (χ1n) is 6.64. The lowest BCUT2D eigenvalue weighted by Gasteiger charge is -2.28. The van der Waals surface area contributed by atoms with Crippen molar-refractivity contribution in [3.8, 4) is 0 Å². The van der Waals surface area contributed by atoms with Crippen molar-refractivity contribution in [1.29, 1.82) is 0 Å². The average molecular weight is 240 g/mol. The van der Waals surface area contributed by atoms with E-state index in [0.717, 1.165) is 38.5 Å². The standard InChI is InChI=1S/C13H24N2O2/c1-13(2,3)17-12(16)15-6-4-5-10-7-14-8-11(10)9-15/h10-11,14H,4-9H2,1-3H3. The number of hydrogen-bond acceptors (Lipinski definition) is 3. The van der Waals surface area contributed by atoms with Crippen LogP contribution >= 0.6 is 0 Å². The summed E-state index contributed by atoms with van der Waals surface area (Å²) in [6, 6.07) is 0. The van der Waals surface area contributed by atoms with E-state index in [9.17, 15) is 4.79 Å². The molecule has 0 aliphatic carbocycles. The Bertz CT molecular complexity index is 286. The van der Waals surface area contributed by atoms with Gasteiger partial charge in [0.05, 0.1) is 0 Å². The fourth-order valence-corrected chi connectivity index (χ4v) is 2.75. The maximum Gasteiger partial charge on any atom is 0.410 e. The lowest BCUT2D eigenvalue weighted by Crippen LogP contribution is -2.40. The van der Waals surface area contributed by atoms with Gasteiger partial charge in [-0.25, -0.2) is 4.79 Å². The van der Waals surface area contributed by atoms with Crippen LogP contribution < -0.4 is 5.32 Å². The minimum Gasteiger partial charge on any atom is -0.444 e. The fourth-order valence-electron chi connectivity index (χ4n) is 2.75. The summed E-state index contributed by atoms with van der Waals surface area (Å²) in [5, 5.41) is 3.42. The second kappa shape index (κ2) is 4.84. The first kappa shape index (κ1) is 12.7. The van der Waals surface area contributed by atoms with E-state index >= 15 is 0 Å². The minimum atomic E-state index is -0.392. The van der Waals surface area contributed by atoms with Crippen molar-refractivity contribution in [2.45, 2.75) is 39.2 Å². The second-order valence-corrected chi connectivity index (χ2v) is 6.25. The Balaban J connectivity index is 1.94. The normalized spacial score (nSPS) is 29.7. The SMILES string of the molecule is CC(C)(C)OC(=O)N1CCCC2CNCC2C1. The molecule has 2 rings (SSSR count). The van der Waals surface area contributed by atoms with Gasteiger partial charge < -0.3 is 15.0 Å². The maximum absolute atomic E-state index is 12.0. The van der Waals surface area contributed by atoms with Gasteiger partial charge in [-0.15, -0.1) is 0 Å². The molecule has 17 heavy (non-hydrogen) atoms. The van der Waals surface area contributed by atoms with Crippen molar-refractivity contribution in [2.75, 3.05) is 26.2 Å². The highest BCUT2D eigenvalue weighted by Gasteiger charge is 2.33. The molecule has 0 aromatic rings. The highest BCUT2D eigenvalue weighted by Crippen LogP contribution is 2.27. The van der Waals surface area contributed by atoms with E-state index in [4.69, 9.17) is 4.74 Å². The van der Waals surface area contributed by atoms with Gasteiger partial charge in [-0.05, 0) is 58.5 Å². The molecular weight excluding hydrogens is 216 g/mol. The van der Waals surface area contributed by atoms with Crippen molar-refractivity contribution in [1.82, 2.24) is 10.2 Å². The van der Waals surface area contributed by atoms with E-state index in [1.807, 2.05) is 25.7 Å². The van der Waals surface area contributed by atoms with Crippen LogP contribution in [0.25, 0.3) is 0 Å². The van der Waals surface area contributed by atoms with Gasteiger partial charge in [0.2, 0.25) is 0 Å². The molecule has 98 valence electrons. The fraction of sp³-hybridized carbons (Fsp3) is 0.923. The zero-order valence-corrected chi connectivity index (χ0v) is 11.2. The largest absolute Gasteiger partial charge is 0.444 e. The van der Waals surface area contributed by atoms with Gasteiger partial charge in [0.15, 0.2) is 0 Å². The smallest absolute Gasteiger partial charge is 0.410 e. The van der Waals surface area contributed by atoms with Gasteiger partial charge in [-0.2, -0.15) is 0 Å². The lowest BCUT2D eigenvalue weighted by molar-refractivity contribution is 0.0234. The molecule has 2 saturated heterocycles. The van der Waals surface area contributed by atoms with Crippen LogP contribution in [0.2, 0.25) is 0 Å². The number of rotatable bonds is 0. The third kappa shape index (κ3) is 3.35. The number of fused-ring (bicyclic) bond motifs is 1. The molecule has 2 fully saturated rings. The Morgan fingerprint density at radius 3 is 2.71 bits per heavy atom. The predicted octanol–water partition coefficient (Wildman–Crippen LogP) is 1.85. The summed E-state index contributed by atoms with van der Waals surface area (Å²) in [6.45, 7) is 9.62. The Morgan fingerprint density at radius 2 is 2.00 bits per heavy atom. The third-order valence-electron chi connectivity index (χ3n) is 3.59. The van der Waals surface area contributed by atoms with Crippen LogP contribution in [-0.2, 0) is 4.74 Å². The van der Waals surface area contributed by atoms with Gasteiger partial charge in [0, 0.05) is 13.1 Å². The van der Waals surface area contributed by atoms with Crippen LogP contribution in [0, 0.1) is 11.8 Å². The molecule has 2 heterocycles. The summed E-state index contributed by atoms with van der Waals surface area (Å²) < 4.78 is 5.45. The van der Waals surface area contributed by atoms with Crippen LogP contribution in [0.5, 0.6) is 0 Å². The monoisotopic (exact) mass is 240 g/mol. The third-order valence-corrected chi connectivity index (χ3v) is 3.59. The van der Waals surface area contributed by atoms with Gasteiger partial charge in [-0.1, -0.05) is 0 Å². The number of carbonyl (C=O) groups excluding carboxylic acids is 1. The zero-order valence-electron chi connectivity index (χ0n) is 11.2. The molecule has 1 N–H and O–H groups in total. The molecule has 4 nitrogen and oxygen atoms in total. The number of likely N-dealkylation sites (tertiary alicyclic amines) is 1. The van der Waals surface area contributed by atoms with E-state index < -0.39 is 5.60 Å². The van der Waals surface area contributed by atoms with Gasteiger partial charge in [-0.3, -0.25) is 0 Å². The maximum atomic E-state index is 12.0. The molecular formula is C13H24N2O2. The second-order valence-electron chi connectivity index (χ2n) is 6.25. The van der Waals surface area contributed by atoms with Crippen molar-refractivity contribution in [2.24, 2.45) is 11.8 Å². The summed E-state index contributed by atoms with van der Waals surface area (Å²) in [5.74, 6) is 1.37. The summed E-state index contributed by atoms with van der Waals surface area (Å²) in [4.78, 5) is 13.9. The van der Waals surface area contributed by atoms with Crippen molar-refractivity contribution < 1.29 is 9.53 Å². The number of amides is 1. The summed E-state index contributed by atoms with van der Waals surface area (Å²) in [7, 11) is 0. The van der Waals surface area contributed by atoms with Gasteiger partial charge in [0.25, 0.3) is 0 Å². The molecule has 2 unspecified atom stereocenters. The zero-order chi connectivity index (χ0) is 12.5. The van der Waals surface area contributed by atoms with Gasteiger partial charge >= 0.3 is 6.09 Å². The molecule has 0 aromatic carbocycles. The van der Waals surface area contributed by atoms with E-state index in [0.29, 0.717) is 5.92 Å². The molecule has 0 bridgehead atoms. The number of nitrogens with zero attached hydrogens (tertiary/aromatic N) is 1. The van der Waals surface area contributed by atoms with Crippen LogP contribution in [0.15, 0.2) is 0 Å². The van der Waals surface area contributed by atoms with Crippen molar-refractivity contribution in [3.63, 3.8) is 0 Å². The van der Waals surface area contributed by atoms with E-state index in [2.05, 4.69) is 5.32 Å². The highest BCUT2D eigenvalue weighted by molar-refractivity contribution is 5.68. The van der Waals surface area contributed by atoms with Crippen LogP contribution in [0.4, 0.5) is 4.79 Å². The van der Waals surface area contributed by atoms with Crippen LogP contribution in [0.3, 0.4) is 0 Å². The van der Waals surface area contributed by atoms with Crippen molar-refractivity contribution in [3.05, 3.63) is 0 Å². The van der Waals surface area contributed by atoms with Crippen molar-refractivity contribution >= 4 is 6.09 Å². The Kier molecular flexibility index (Phi) is 3.61. The molecule has 2 atom stereocenters. The minimum absolute atomic E-state index is 0.148. The Hall–Kier alpha value is -0.770. The summed E-state index contributed by atoms with van der Waals surface area (Å²) in [6.07, 6.45) is 2.18. The van der Waals surface area contributed by atoms with E-state index in [-0.39, 0.29) is 6.09 Å². The molecule has 1 amide bonds. The van der Waals surface area contributed by atoms with Crippen LogP contribution in [0.1, 0.15) is 33.6 Å².